The summed E-state index contributed by atoms with van der Waals surface area (Å²) in [5.74, 6) is -0.565. The number of aromatic nitrogens is 2. The second-order valence-corrected chi connectivity index (χ2v) is 4.84. The third kappa shape index (κ3) is 2.76. The minimum Gasteiger partial charge on any atom is -0.461 e. The monoisotopic (exact) mass is 280 g/mol. The summed E-state index contributed by atoms with van der Waals surface area (Å²) in [7, 11) is 0. The molecule has 110 valence electrons. The molecular formula is C13H20N4O3. The topological polar surface area (TPSA) is 90.4 Å². The average molecular weight is 280 g/mol. The lowest BCUT2D eigenvalue weighted by Crippen LogP contribution is -2.34. The van der Waals surface area contributed by atoms with Gasteiger partial charge < -0.3 is 15.4 Å². The van der Waals surface area contributed by atoms with Crippen LogP contribution in [0.4, 0.5) is 5.69 Å². The van der Waals surface area contributed by atoms with Gasteiger partial charge in [-0.05, 0) is 26.7 Å². The average Bonchev–Trinajstić information content (AvgIpc) is 3.06. The number of carbonyl (C=O) groups excluding carboxylic acids is 2. The van der Waals surface area contributed by atoms with E-state index in [-0.39, 0.29) is 23.9 Å². The summed E-state index contributed by atoms with van der Waals surface area (Å²) < 4.78 is 6.30. The maximum atomic E-state index is 12.3. The van der Waals surface area contributed by atoms with Gasteiger partial charge in [0.1, 0.15) is 6.04 Å². The van der Waals surface area contributed by atoms with E-state index in [0.717, 1.165) is 25.9 Å². The zero-order chi connectivity index (χ0) is 14.7. The van der Waals surface area contributed by atoms with Gasteiger partial charge in [0, 0.05) is 19.3 Å². The fourth-order valence-electron chi connectivity index (χ4n) is 2.28. The molecule has 1 aromatic heterocycles. The van der Waals surface area contributed by atoms with Gasteiger partial charge in [-0.3, -0.25) is 9.48 Å². The smallest absolute Gasteiger partial charge is 0.361 e. The molecular weight excluding hydrogens is 260 g/mol. The number of nitrogens with zero attached hydrogens (tertiary/aromatic N) is 3. The molecule has 2 heterocycles. The highest BCUT2D eigenvalue weighted by Gasteiger charge is 2.26. The van der Waals surface area contributed by atoms with Crippen LogP contribution in [-0.4, -0.2) is 46.3 Å². The van der Waals surface area contributed by atoms with Crippen molar-refractivity contribution in [3.05, 3.63) is 11.9 Å². The number of amides is 1. The van der Waals surface area contributed by atoms with Crippen LogP contribution >= 0.6 is 0 Å². The van der Waals surface area contributed by atoms with Crippen LogP contribution in [0.2, 0.25) is 0 Å². The summed E-state index contributed by atoms with van der Waals surface area (Å²) in [5, 5.41) is 4.09. The van der Waals surface area contributed by atoms with Crippen LogP contribution in [-0.2, 0) is 9.53 Å². The molecule has 0 aromatic carbocycles. The molecule has 1 aliphatic rings. The van der Waals surface area contributed by atoms with E-state index in [4.69, 9.17) is 10.5 Å². The molecule has 0 radical (unpaired) electrons. The lowest BCUT2D eigenvalue weighted by atomic mass is 10.3. The maximum absolute atomic E-state index is 12.3. The number of hydrogen-bond acceptors (Lipinski definition) is 5. The summed E-state index contributed by atoms with van der Waals surface area (Å²) in [6, 6.07) is -0.474. The standard InChI is InChI=1S/C13H20N4O3/c1-3-20-13(19)11-10(14)8-17(15-11)9(2)12(18)16-6-4-5-7-16/h8-9H,3-7,14H2,1-2H3. The van der Waals surface area contributed by atoms with Gasteiger partial charge in [-0.25, -0.2) is 4.79 Å². The Hall–Kier alpha value is -2.05. The summed E-state index contributed by atoms with van der Waals surface area (Å²) in [5.41, 5.74) is 6.04. The number of anilines is 1. The molecule has 1 unspecified atom stereocenters. The van der Waals surface area contributed by atoms with Crippen LogP contribution in [0.5, 0.6) is 0 Å². The fraction of sp³-hybridized carbons (Fsp3) is 0.615. The molecule has 0 bridgehead atoms. The van der Waals surface area contributed by atoms with E-state index in [1.807, 2.05) is 4.90 Å². The van der Waals surface area contributed by atoms with E-state index in [1.54, 1.807) is 13.8 Å². The molecule has 20 heavy (non-hydrogen) atoms. The Balaban J connectivity index is 2.14. The minimum atomic E-state index is -0.565. The van der Waals surface area contributed by atoms with Gasteiger partial charge in [0.15, 0.2) is 5.69 Å². The normalized spacial score (nSPS) is 16.2. The Kier molecular flexibility index (Phi) is 4.26. The first-order valence-electron chi connectivity index (χ1n) is 6.85. The van der Waals surface area contributed by atoms with E-state index in [2.05, 4.69) is 5.10 Å². The van der Waals surface area contributed by atoms with Crippen molar-refractivity contribution in [2.45, 2.75) is 32.7 Å². The fourth-order valence-corrected chi connectivity index (χ4v) is 2.28. The van der Waals surface area contributed by atoms with Gasteiger partial charge in [0.05, 0.1) is 12.3 Å². The largest absolute Gasteiger partial charge is 0.461 e. The number of nitrogens with two attached hydrogens (primary N) is 1. The Morgan fingerprint density at radius 2 is 2.10 bits per heavy atom. The lowest BCUT2D eigenvalue weighted by molar-refractivity contribution is -0.133. The highest BCUT2D eigenvalue weighted by molar-refractivity contribution is 5.92. The highest BCUT2D eigenvalue weighted by atomic mass is 16.5. The van der Waals surface area contributed by atoms with Crippen molar-refractivity contribution in [2.24, 2.45) is 0 Å². The summed E-state index contributed by atoms with van der Waals surface area (Å²) in [6.07, 6.45) is 3.58. The molecule has 0 aliphatic carbocycles. The van der Waals surface area contributed by atoms with Crippen LogP contribution in [0.15, 0.2) is 6.20 Å². The number of nitrogen functional groups attached to an aromatic ring is 1. The number of hydrogen-bond donors (Lipinski definition) is 1. The van der Waals surface area contributed by atoms with Gasteiger partial charge >= 0.3 is 5.97 Å². The van der Waals surface area contributed by atoms with Crippen LogP contribution in [0, 0.1) is 0 Å². The van der Waals surface area contributed by atoms with E-state index in [0.29, 0.717) is 0 Å². The second kappa shape index (κ2) is 5.94. The SMILES string of the molecule is CCOC(=O)c1nn(C(C)C(=O)N2CCCC2)cc1N. The quantitative estimate of drug-likeness (QED) is 0.825. The predicted molar refractivity (Wildman–Crippen MR) is 73.1 cm³/mol. The molecule has 0 saturated carbocycles. The first-order chi connectivity index (χ1) is 9.54. The maximum Gasteiger partial charge on any atom is 0.361 e. The van der Waals surface area contributed by atoms with Crippen LogP contribution in [0.25, 0.3) is 0 Å². The Morgan fingerprint density at radius 1 is 1.45 bits per heavy atom. The molecule has 1 amide bonds. The number of rotatable bonds is 4. The van der Waals surface area contributed by atoms with Crippen molar-refractivity contribution in [3.63, 3.8) is 0 Å². The zero-order valence-corrected chi connectivity index (χ0v) is 11.8. The number of carbonyl (C=O) groups is 2. The number of ether oxygens (including phenoxy) is 1. The molecule has 7 heteroatoms. The first kappa shape index (κ1) is 14.4. The van der Waals surface area contributed by atoms with Crippen LogP contribution in [0.1, 0.15) is 43.2 Å². The van der Waals surface area contributed by atoms with Crippen molar-refractivity contribution in [1.29, 1.82) is 0 Å². The second-order valence-electron chi connectivity index (χ2n) is 4.84. The molecule has 1 atom stereocenters. The van der Waals surface area contributed by atoms with Gasteiger partial charge in [-0.15, -0.1) is 0 Å². The lowest BCUT2D eigenvalue weighted by Gasteiger charge is -2.20. The molecule has 2 N–H and O–H groups in total. The van der Waals surface area contributed by atoms with E-state index >= 15 is 0 Å². The van der Waals surface area contributed by atoms with Crippen molar-refractivity contribution in [2.75, 3.05) is 25.4 Å². The zero-order valence-electron chi connectivity index (χ0n) is 11.8. The van der Waals surface area contributed by atoms with Crippen molar-refractivity contribution in [3.8, 4) is 0 Å². The summed E-state index contributed by atoms with van der Waals surface area (Å²) in [4.78, 5) is 25.7. The minimum absolute atomic E-state index is 0.000379. The van der Waals surface area contributed by atoms with Crippen molar-refractivity contribution in [1.82, 2.24) is 14.7 Å². The number of likely N-dealkylation sites (tertiary alicyclic amines) is 1. The summed E-state index contributed by atoms with van der Waals surface area (Å²) >= 11 is 0. The van der Waals surface area contributed by atoms with Crippen LogP contribution < -0.4 is 5.73 Å². The Labute approximate surface area is 117 Å². The van der Waals surface area contributed by atoms with Gasteiger partial charge in [0.25, 0.3) is 0 Å². The van der Waals surface area contributed by atoms with Crippen molar-refractivity contribution >= 4 is 17.6 Å². The van der Waals surface area contributed by atoms with E-state index in [9.17, 15) is 9.59 Å². The molecule has 1 fully saturated rings. The molecule has 1 aromatic rings. The Morgan fingerprint density at radius 3 is 2.70 bits per heavy atom. The van der Waals surface area contributed by atoms with Crippen molar-refractivity contribution < 1.29 is 14.3 Å². The third-order valence-electron chi connectivity index (χ3n) is 3.40. The van der Waals surface area contributed by atoms with Gasteiger partial charge in [-0.1, -0.05) is 0 Å². The van der Waals surface area contributed by atoms with Crippen LogP contribution in [0.3, 0.4) is 0 Å². The first-order valence-corrected chi connectivity index (χ1v) is 6.85. The molecule has 0 spiro atoms. The third-order valence-corrected chi connectivity index (χ3v) is 3.40. The molecule has 7 nitrogen and oxygen atoms in total. The molecule has 1 saturated heterocycles. The highest BCUT2D eigenvalue weighted by Crippen LogP contribution is 2.18. The van der Waals surface area contributed by atoms with E-state index < -0.39 is 12.0 Å². The predicted octanol–water partition coefficient (Wildman–Crippen LogP) is 0.825. The van der Waals surface area contributed by atoms with E-state index in [1.165, 1.54) is 10.9 Å². The summed E-state index contributed by atoms with van der Waals surface area (Å²) in [6.45, 7) is 5.29. The Bertz CT molecular complexity index is 506. The molecule has 1 aliphatic heterocycles. The molecule has 2 rings (SSSR count). The van der Waals surface area contributed by atoms with Gasteiger partial charge in [-0.2, -0.15) is 5.10 Å². The van der Waals surface area contributed by atoms with Gasteiger partial charge in [0.2, 0.25) is 5.91 Å². The number of esters is 1.